The van der Waals surface area contributed by atoms with Gasteiger partial charge in [-0.2, -0.15) is 0 Å². The van der Waals surface area contributed by atoms with Crippen LogP contribution in [0.2, 0.25) is 10.0 Å². The quantitative estimate of drug-likeness (QED) is 0.762. The Morgan fingerprint density at radius 2 is 1.90 bits per heavy atom. The van der Waals surface area contributed by atoms with E-state index in [9.17, 15) is 14.4 Å². The third-order valence-corrected chi connectivity index (χ3v) is 3.08. The molecule has 1 aromatic rings. The minimum Gasteiger partial charge on any atom is -0.480 e. The molecule has 0 fully saturated rings. The number of carboxylic acid groups (broad SMARTS) is 1. The van der Waals surface area contributed by atoms with E-state index < -0.39 is 23.8 Å². The number of benzene rings is 1. The van der Waals surface area contributed by atoms with E-state index in [4.69, 9.17) is 28.3 Å². The molecule has 0 radical (unpaired) electrons. The monoisotopic (exact) mass is 318 g/mol. The van der Waals surface area contributed by atoms with Crippen molar-refractivity contribution in [3.8, 4) is 0 Å². The lowest BCUT2D eigenvalue weighted by atomic mass is 10.2. The van der Waals surface area contributed by atoms with Gasteiger partial charge in [-0.25, -0.2) is 0 Å². The van der Waals surface area contributed by atoms with Crippen LogP contribution in [-0.4, -0.2) is 35.5 Å². The highest BCUT2D eigenvalue weighted by Crippen LogP contribution is 2.22. The Morgan fingerprint density at radius 1 is 1.25 bits per heavy atom. The molecule has 0 saturated carbocycles. The predicted molar refractivity (Wildman–Crippen MR) is 74.0 cm³/mol. The Labute approximate surface area is 125 Å². The van der Waals surface area contributed by atoms with E-state index in [0.29, 0.717) is 5.02 Å². The van der Waals surface area contributed by atoms with Crippen LogP contribution in [0.15, 0.2) is 18.2 Å². The van der Waals surface area contributed by atoms with Gasteiger partial charge in [0.1, 0.15) is 6.04 Å². The highest BCUT2D eigenvalue weighted by atomic mass is 35.5. The third kappa shape index (κ3) is 4.71. The van der Waals surface area contributed by atoms with Crippen LogP contribution in [0.25, 0.3) is 0 Å². The van der Waals surface area contributed by atoms with Crippen LogP contribution < -0.4 is 10.6 Å². The highest BCUT2D eigenvalue weighted by molar-refractivity contribution is 6.42. The van der Waals surface area contributed by atoms with E-state index in [0.717, 1.165) is 0 Å². The molecule has 0 aliphatic carbocycles. The molecular formula is C12H12Cl2N2O4. The zero-order valence-electron chi connectivity index (χ0n) is 10.4. The van der Waals surface area contributed by atoms with Crippen molar-refractivity contribution in [1.29, 1.82) is 0 Å². The smallest absolute Gasteiger partial charge is 0.325 e. The van der Waals surface area contributed by atoms with Crippen LogP contribution in [0, 0.1) is 0 Å². The summed E-state index contributed by atoms with van der Waals surface area (Å²) in [7, 11) is 0. The van der Waals surface area contributed by atoms with E-state index >= 15 is 0 Å². The molecule has 6 nitrogen and oxygen atoms in total. The number of nitrogens with one attached hydrogen (secondary N) is 2. The van der Waals surface area contributed by atoms with Crippen LogP contribution >= 0.6 is 23.2 Å². The summed E-state index contributed by atoms with van der Waals surface area (Å²) in [6, 6.07) is 3.27. The van der Waals surface area contributed by atoms with E-state index in [-0.39, 0.29) is 17.1 Å². The fraction of sp³-hybridized carbons (Fsp3) is 0.250. The van der Waals surface area contributed by atoms with Gasteiger partial charge >= 0.3 is 5.97 Å². The number of halogens is 2. The van der Waals surface area contributed by atoms with Gasteiger partial charge in [0.15, 0.2) is 0 Å². The largest absolute Gasteiger partial charge is 0.480 e. The summed E-state index contributed by atoms with van der Waals surface area (Å²) in [5.74, 6) is -2.27. The van der Waals surface area contributed by atoms with Crippen molar-refractivity contribution in [3.05, 3.63) is 33.8 Å². The average Bonchev–Trinajstić information content (AvgIpc) is 2.39. The average molecular weight is 319 g/mol. The van der Waals surface area contributed by atoms with Gasteiger partial charge in [-0.1, -0.05) is 23.2 Å². The molecule has 3 N–H and O–H groups in total. The lowest BCUT2D eigenvalue weighted by Gasteiger charge is -2.10. The lowest BCUT2D eigenvalue weighted by Crippen LogP contribution is -2.44. The fourth-order valence-corrected chi connectivity index (χ4v) is 1.55. The second-order valence-corrected chi connectivity index (χ2v) is 4.75. The Bertz CT molecular complexity index is 548. The molecule has 0 bridgehead atoms. The molecule has 0 saturated heterocycles. The number of hydrogen-bond donors (Lipinski definition) is 3. The number of carboxylic acids is 1. The van der Waals surface area contributed by atoms with Crippen LogP contribution in [0.5, 0.6) is 0 Å². The van der Waals surface area contributed by atoms with Crippen molar-refractivity contribution < 1.29 is 19.5 Å². The molecule has 0 spiro atoms. The Balaban J connectivity index is 2.53. The van der Waals surface area contributed by atoms with Crippen molar-refractivity contribution >= 4 is 41.0 Å². The number of aliphatic carboxylic acids is 1. The van der Waals surface area contributed by atoms with E-state index in [1.165, 1.54) is 25.1 Å². The number of amides is 2. The van der Waals surface area contributed by atoms with E-state index in [1.54, 1.807) is 0 Å². The molecule has 0 aliphatic heterocycles. The van der Waals surface area contributed by atoms with Gasteiger partial charge in [0, 0.05) is 5.56 Å². The summed E-state index contributed by atoms with van der Waals surface area (Å²) >= 11 is 11.5. The molecule has 1 rings (SSSR count). The standard InChI is InChI=1S/C12H12Cl2N2O4/c1-6(12(19)20)16-10(17)5-15-11(18)7-2-3-8(13)9(14)4-7/h2-4,6H,5H2,1H3,(H,15,18)(H,16,17)(H,19,20). The van der Waals surface area contributed by atoms with Gasteiger partial charge in [0.2, 0.25) is 5.91 Å². The van der Waals surface area contributed by atoms with Crippen LogP contribution in [0.1, 0.15) is 17.3 Å². The maximum atomic E-state index is 11.7. The van der Waals surface area contributed by atoms with Crippen molar-refractivity contribution in [2.75, 3.05) is 6.54 Å². The Kier molecular flexibility index (Phi) is 5.79. The maximum absolute atomic E-state index is 11.7. The molecular weight excluding hydrogens is 307 g/mol. The molecule has 0 heterocycles. The first-order valence-electron chi connectivity index (χ1n) is 5.56. The minimum absolute atomic E-state index is 0.225. The first-order chi connectivity index (χ1) is 9.31. The van der Waals surface area contributed by atoms with E-state index in [2.05, 4.69) is 10.6 Å². The van der Waals surface area contributed by atoms with Crippen molar-refractivity contribution in [1.82, 2.24) is 10.6 Å². The van der Waals surface area contributed by atoms with Crippen LogP contribution in [0.4, 0.5) is 0 Å². The zero-order chi connectivity index (χ0) is 15.3. The summed E-state index contributed by atoms with van der Waals surface area (Å²) in [4.78, 5) is 33.6. The number of hydrogen-bond acceptors (Lipinski definition) is 3. The normalized spacial score (nSPS) is 11.6. The Hall–Kier alpha value is -1.79. The summed E-state index contributed by atoms with van der Waals surface area (Å²) < 4.78 is 0. The highest BCUT2D eigenvalue weighted by Gasteiger charge is 2.15. The SMILES string of the molecule is CC(NC(=O)CNC(=O)c1ccc(Cl)c(Cl)c1)C(=O)O. The van der Waals surface area contributed by atoms with Gasteiger partial charge in [-0.05, 0) is 25.1 Å². The van der Waals surface area contributed by atoms with Crippen LogP contribution in [-0.2, 0) is 9.59 Å². The Morgan fingerprint density at radius 3 is 2.45 bits per heavy atom. The molecule has 2 amide bonds. The van der Waals surface area contributed by atoms with Crippen molar-refractivity contribution in [2.45, 2.75) is 13.0 Å². The van der Waals surface area contributed by atoms with E-state index in [1.807, 2.05) is 0 Å². The van der Waals surface area contributed by atoms with Crippen molar-refractivity contribution in [2.24, 2.45) is 0 Å². The second kappa shape index (κ2) is 7.12. The summed E-state index contributed by atoms with van der Waals surface area (Å²) in [5, 5.41) is 13.7. The molecule has 8 heteroatoms. The number of rotatable bonds is 5. The van der Waals surface area contributed by atoms with Gasteiger partial charge in [-0.3, -0.25) is 14.4 Å². The first kappa shape index (κ1) is 16.3. The molecule has 20 heavy (non-hydrogen) atoms. The maximum Gasteiger partial charge on any atom is 0.325 e. The fourth-order valence-electron chi connectivity index (χ4n) is 1.25. The summed E-state index contributed by atoms with van der Waals surface area (Å²) in [6.07, 6.45) is 0. The zero-order valence-corrected chi connectivity index (χ0v) is 12.0. The number of carbonyl (C=O) groups excluding carboxylic acids is 2. The van der Waals surface area contributed by atoms with Crippen LogP contribution in [0.3, 0.4) is 0 Å². The molecule has 108 valence electrons. The molecule has 1 atom stereocenters. The topological polar surface area (TPSA) is 95.5 Å². The molecule has 1 aromatic carbocycles. The number of carbonyl (C=O) groups is 3. The lowest BCUT2D eigenvalue weighted by molar-refractivity contribution is -0.141. The van der Waals surface area contributed by atoms with Gasteiger partial charge in [0.25, 0.3) is 5.91 Å². The first-order valence-corrected chi connectivity index (χ1v) is 6.32. The molecule has 1 unspecified atom stereocenters. The summed E-state index contributed by atoms with van der Waals surface area (Å²) in [5.41, 5.74) is 0.249. The molecule has 0 aliphatic rings. The second-order valence-electron chi connectivity index (χ2n) is 3.94. The predicted octanol–water partition coefficient (Wildman–Crippen LogP) is 1.31. The van der Waals surface area contributed by atoms with Crippen molar-refractivity contribution in [3.63, 3.8) is 0 Å². The summed E-state index contributed by atoms with van der Waals surface area (Å²) in [6.45, 7) is 0.984. The van der Waals surface area contributed by atoms with Gasteiger partial charge < -0.3 is 15.7 Å². The van der Waals surface area contributed by atoms with Gasteiger partial charge in [-0.15, -0.1) is 0 Å². The minimum atomic E-state index is -1.16. The third-order valence-electron chi connectivity index (χ3n) is 2.34. The van der Waals surface area contributed by atoms with Gasteiger partial charge in [0.05, 0.1) is 16.6 Å². The molecule has 0 aromatic heterocycles.